The summed E-state index contributed by atoms with van der Waals surface area (Å²) < 4.78 is 0. The maximum absolute atomic E-state index is 11.4. The van der Waals surface area contributed by atoms with Gasteiger partial charge in [0.05, 0.1) is 5.02 Å². The van der Waals surface area contributed by atoms with Crippen LogP contribution in [0.5, 0.6) is 0 Å². The lowest BCUT2D eigenvalue weighted by atomic mass is 10.1. The van der Waals surface area contributed by atoms with Gasteiger partial charge in [0, 0.05) is 17.6 Å². The van der Waals surface area contributed by atoms with Gasteiger partial charge in [-0.05, 0) is 26.0 Å². The van der Waals surface area contributed by atoms with Gasteiger partial charge in [-0.1, -0.05) is 29.3 Å². The molecule has 0 heterocycles. The van der Waals surface area contributed by atoms with Gasteiger partial charge < -0.3 is 10.6 Å². The lowest BCUT2D eigenvalue weighted by Gasteiger charge is -2.17. The number of benzene rings is 1. The van der Waals surface area contributed by atoms with Gasteiger partial charge in [0.15, 0.2) is 6.04 Å². The SMILES string of the molecule is CNC(=O)[C@@H](C)[NH2+][C@H](C)c1ccc(Cl)cc1Cl. The monoisotopic (exact) mass is 275 g/mol. The van der Waals surface area contributed by atoms with Gasteiger partial charge in [-0.25, -0.2) is 0 Å². The minimum Gasteiger partial charge on any atom is -0.354 e. The quantitative estimate of drug-likeness (QED) is 0.864. The minimum absolute atomic E-state index is 0.00179. The zero-order valence-corrected chi connectivity index (χ0v) is 11.6. The molecule has 1 aromatic rings. The first-order chi connectivity index (χ1) is 7.95. The number of carbonyl (C=O) groups is 1. The topological polar surface area (TPSA) is 45.7 Å². The van der Waals surface area contributed by atoms with Crippen LogP contribution < -0.4 is 10.6 Å². The van der Waals surface area contributed by atoms with Gasteiger partial charge in [-0.2, -0.15) is 0 Å². The van der Waals surface area contributed by atoms with Crippen molar-refractivity contribution in [2.24, 2.45) is 0 Å². The molecule has 0 aliphatic rings. The molecular weight excluding hydrogens is 259 g/mol. The number of halogens is 2. The molecule has 0 saturated carbocycles. The molecule has 0 aliphatic heterocycles. The molecule has 0 unspecified atom stereocenters. The first-order valence-electron chi connectivity index (χ1n) is 5.47. The molecule has 0 aliphatic carbocycles. The third-order valence-electron chi connectivity index (χ3n) is 2.69. The van der Waals surface area contributed by atoms with E-state index in [9.17, 15) is 4.79 Å². The van der Waals surface area contributed by atoms with Crippen molar-refractivity contribution in [3.05, 3.63) is 33.8 Å². The van der Waals surface area contributed by atoms with Crippen LogP contribution in [0.4, 0.5) is 0 Å². The number of quaternary nitrogens is 1. The van der Waals surface area contributed by atoms with E-state index in [-0.39, 0.29) is 18.0 Å². The van der Waals surface area contributed by atoms with Crippen LogP contribution in [0.1, 0.15) is 25.5 Å². The van der Waals surface area contributed by atoms with Gasteiger partial charge >= 0.3 is 0 Å². The number of hydrogen-bond acceptors (Lipinski definition) is 1. The Bertz CT molecular complexity index is 409. The largest absolute Gasteiger partial charge is 0.354 e. The molecule has 1 rings (SSSR count). The highest BCUT2D eigenvalue weighted by atomic mass is 35.5. The Hall–Kier alpha value is -0.770. The molecule has 0 fully saturated rings. The predicted octanol–water partition coefficient (Wildman–Crippen LogP) is 1.75. The number of nitrogens with one attached hydrogen (secondary N) is 1. The molecule has 1 aromatic carbocycles. The van der Waals surface area contributed by atoms with Crippen LogP contribution in [-0.4, -0.2) is 19.0 Å². The van der Waals surface area contributed by atoms with Crippen molar-refractivity contribution in [2.45, 2.75) is 25.9 Å². The molecule has 2 atom stereocenters. The summed E-state index contributed by atoms with van der Waals surface area (Å²) >= 11 is 12.0. The van der Waals surface area contributed by atoms with Crippen LogP contribution in [0.25, 0.3) is 0 Å². The Kier molecular flexibility index (Phi) is 5.25. The standard InChI is InChI=1S/C12H16Cl2N2O/c1-7(16-8(2)12(17)15-3)10-5-4-9(13)6-11(10)14/h4-8,16H,1-3H3,(H,15,17)/p+1/t7-,8-/m1/s1. The maximum Gasteiger partial charge on any atom is 0.277 e. The average Bonchev–Trinajstić information content (AvgIpc) is 2.27. The van der Waals surface area contributed by atoms with E-state index in [0.717, 1.165) is 5.56 Å². The lowest BCUT2D eigenvalue weighted by Crippen LogP contribution is -2.92. The fraction of sp³-hybridized carbons (Fsp3) is 0.417. The first-order valence-corrected chi connectivity index (χ1v) is 6.22. The summed E-state index contributed by atoms with van der Waals surface area (Å²) in [5.41, 5.74) is 0.979. The van der Waals surface area contributed by atoms with E-state index in [1.54, 1.807) is 19.2 Å². The fourth-order valence-corrected chi connectivity index (χ4v) is 2.30. The summed E-state index contributed by atoms with van der Waals surface area (Å²) in [5.74, 6) is 0.00179. The normalized spacial score (nSPS) is 14.2. The summed E-state index contributed by atoms with van der Waals surface area (Å²) in [4.78, 5) is 11.4. The molecule has 5 heteroatoms. The second kappa shape index (κ2) is 6.24. The van der Waals surface area contributed by atoms with Gasteiger partial charge in [-0.15, -0.1) is 0 Å². The molecular formula is C12H17Cl2N2O+. The molecule has 0 spiro atoms. The van der Waals surface area contributed by atoms with Gasteiger partial charge in [0.1, 0.15) is 6.04 Å². The first kappa shape index (κ1) is 14.3. The molecule has 3 N–H and O–H groups in total. The van der Waals surface area contributed by atoms with E-state index in [0.29, 0.717) is 10.0 Å². The summed E-state index contributed by atoms with van der Waals surface area (Å²) in [6.07, 6.45) is 0. The number of rotatable bonds is 4. The van der Waals surface area contributed by atoms with Crippen LogP contribution in [0.3, 0.4) is 0 Å². The van der Waals surface area contributed by atoms with Gasteiger partial charge in [-0.3, -0.25) is 4.79 Å². The van der Waals surface area contributed by atoms with Crippen molar-refractivity contribution in [1.82, 2.24) is 5.32 Å². The Balaban J connectivity index is 2.76. The summed E-state index contributed by atoms with van der Waals surface area (Å²) in [7, 11) is 1.63. The van der Waals surface area contributed by atoms with E-state index in [1.807, 2.05) is 25.2 Å². The van der Waals surface area contributed by atoms with Crippen LogP contribution in [0.2, 0.25) is 10.0 Å². The minimum atomic E-state index is -0.151. The summed E-state index contributed by atoms with van der Waals surface area (Å²) in [6, 6.07) is 5.36. The summed E-state index contributed by atoms with van der Waals surface area (Å²) in [5, 5.41) is 5.83. The highest BCUT2D eigenvalue weighted by molar-refractivity contribution is 6.35. The molecule has 17 heavy (non-hydrogen) atoms. The zero-order valence-electron chi connectivity index (χ0n) is 10.1. The Labute approximate surface area is 111 Å². The number of nitrogens with two attached hydrogens (primary N) is 1. The Morgan fingerprint density at radius 1 is 1.35 bits per heavy atom. The molecule has 1 amide bonds. The smallest absolute Gasteiger partial charge is 0.277 e. The van der Waals surface area contributed by atoms with Crippen molar-refractivity contribution in [2.75, 3.05) is 7.05 Å². The van der Waals surface area contributed by atoms with Gasteiger partial charge in [0.25, 0.3) is 5.91 Å². The number of hydrogen-bond donors (Lipinski definition) is 2. The predicted molar refractivity (Wildman–Crippen MR) is 70.3 cm³/mol. The summed E-state index contributed by atoms with van der Waals surface area (Å²) in [6.45, 7) is 3.87. The maximum atomic E-state index is 11.4. The fourth-order valence-electron chi connectivity index (χ4n) is 1.72. The highest BCUT2D eigenvalue weighted by Crippen LogP contribution is 2.24. The Morgan fingerprint density at radius 2 is 2.00 bits per heavy atom. The van der Waals surface area contributed by atoms with Gasteiger partial charge in [0.2, 0.25) is 0 Å². The third-order valence-corrected chi connectivity index (χ3v) is 3.25. The van der Waals surface area contributed by atoms with E-state index in [2.05, 4.69) is 5.32 Å². The van der Waals surface area contributed by atoms with E-state index in [1.165, 1.54) is 0 Å². The van der Waals surface area contributed by atoms with Crippen molar-refractivity contribution < 1.29 is 10.1 Å². The van der Waals surface area contributed by atoms with Crippen molar-refractivity contribution >= 4 is 29.1 Å². The number of carbonyl (C=O) groups excluding carboxylic acids is 1. The average molecular weight is 276 g/mol. The number of amides is 1. The Morgan fingerprint density at radius 3 is 2.53 bits per heavy atom. The third kappa shape index (κ3) is 3.87. The lowest BCUT2D eigenvalue weighted by molar-refractivity contribution is -0.710. The van der Waals surface area contributed by atoms with E-state index < -0.39 is 0 Å². The molecule has 0 radical (unpaired) electrons. The van der Waals surface area contributed by atoms with Crippen LogP contribution in [0.15, 0.2) is 18.2 Å². The zero-order chi connectivity index (χ0) is 13.0. The second-order valence-electron chi connectivity index (χ2n) is 4.05. The molecule has 3 nitrogen and oxygen atoms in total. The van der Waals surface area contributed by atoms with Crippen molar-refractivity contribution in [3.8, 4) is 0 Å². The second-order valence-corrected chi connectivity index (χ2v) is 4.89. The molecule has 0 aromatic heterocycles. The van der Waals surface area contributed by atoms with Crippen molar-refractivity contribution in [1.29, 1.82) is 0 Å². The van der Waals surface area contributed by atoms with E-state index >= 15 is 0 Å². The molecule has 94 valence electrons. The van der Waals surface area contributed by atoms with Crippen molar-refractivity contribution in [3.63, 3.8) is 0 Å². The van der Waals surface area contributed by atoms with Crippen LogP contribution >= 0.6 is 23.2 Å². The molecule has 0 bridgehead atoms. The number of likely N-dealkylation sites (N-methyl/N-ethyl adjacent to an activating group) is 1. The molecule has 0 saturated heterocycles. The van der Waals surface area contributed by atoms with Crippen LogP contribution in [-0.2, 0) is 4.79 Å². The van der Waals surface area contributed by atoms with Crippen LogP contribution in [0, 0.1) is 0 Å². The highest BCUT2D eigenvalue weighted by Gasteiger charge is 2.20. The van der Waals surface area contributed by atoms with E-state index in [4.69, 9.17) is 23.2 Å².